The summed E-state index contributed by atoms with van der Waals surface area (Å²) in [6.07, 6.45) is -4.49. The predicted molar refractivity (Wildman–Crippen MR) is 45.8 cm³/mol. The molecule has 0 saturated heterocycles. The van der Waals surface area contributed by atoms with E-state index >= 15 is 0 Å². The maximum Gasteiger partial charge on any atom is 0.422 e. The SMILES string of the molecule is COc1cccc(NN)c1C(F)(F)F. The molecule has 0 unspecified atom stereocenters. The smallest absolute Gasteiger partial charge is 0.422 e. The van der Waals surface area contributed by atoms with Crippen LogP contribution >= 0.6 is 0 Å². The second-order valence-electron chi connectivity index (χ2n) is 2.52. The number of alkyl halides is 3. The van der Waals surface area contributed by atoms with Crippen molar-refractivity contribution < 1.29 is 17.9 Å². The number of halogens is 3. The summed E-state index contributed by atoms with van der Waals surface area (Å²) in [7, 11) is 1.17. The highest BCUT2D eigenvalue weighted by atomic mass is 19.4. The number of hydrogen-bond donors (Lipinski definition) is 2. The highest BCUT2D eigenvalue weighted by molar-refractivity contribution is 5.58. The minimum atomic E-state index is -4.49. The molecule has 0 radical (unpaired) electrons. The summed E-state index contributed by atoms with van der Waals surface area (Å²) < 4.78 is 42.1. The third kappa shape index (κ3) is 1.90. The first-order valence-corrected chi connectivity index (χ1v) is 3.71. The van der Waals surface area contributed by atoms with Crippen LogP contribution in [0.1, 0.15) is 5.56 Å². The molecule has 0 spiro atoms. The molecule has 1 rings (SSSR count). The molecular weight excluding hydrogens is 197 g/mol. The topological polar surface area (TPSA) is 47.3 Å². The zero-order chi connectivity index (χ0) is 10.8. The lowest BCUT2D eigenvalue weighted by Crippen LogP contribution is -2.15. The fourth-order valence-corrected chi connectivity index (χ4v) is 1.11. The number of nitrogen functional groups attached to an aromatic ring is 1. The molecule has 0 aromatic heterocycles. The maximum atomic E-state index is 12.5. The van der Waals surface area contributed by atoms with Gasteiger partial charge in [-0.2, -0.15) is 13.2 Å². The molecule has 0 aliphatic rings. The van der Waals surface area contributed by atoms with Gasteiger partial charge >= 0.3 is 6.18 Å². The van der Waals surface area contributed by atoms with Crippen LogP contribution in [0.25, 0.3) is 0 Å². The van der Waals surface area contributed by atoms with Gasteiger partial charge in [0.05, 0.1) is 12.8 Å². The summed E-state index contributed by atoms with van der Waals surface area (Å²) in [5, 5.41) is 0. The molecule has 0 fully saturated rings. The standard InChI is InChI=1S/C8H9F3N2O/c1-14-6-4-2-3-5(13-12)7(6)8(9,10)11/h2-4,13H,12H2,1H3. The van der Waals surface area contributed by atoms with Crippen LogP contribution in [-0.2, 0) is 6.18 Å². The van der Waals surface area contributed by atoms with E-state index in [1.54, 1.807) is 0 Å². The van der Waals surface area contributed by atoms with Crippen LogP contribution in [0, 0.1) is 0 Å². The zero-order valence-corrected chi connectivity index (χ0v) is 7.35. The predicted octanol–water partition coefficient (Wildman–Crippen LogP) is 2.00. The van der Waals surface area contributed by atoms with Gasteiger partial charge < -0.3 is 10.2 Å². The molecule has 0 atom stereocenters. The largest absolute Gasteiger partial charge is 0.496 e. The molecular formula is C8H9F3N2O. The van der Waals surface area contributed by atoms with Gasteiger partial charge in [-0.15, -0.1) is 0 Å². The van der Waals surface area contributed by atoms with Crippen LogP contribution in [0.5, 0.6) is 5.75 Å². The zero-order valence-electron chi connectivity index (χ0n) is 7.35. The van der Waals surface area contributed by atoms with E-state index in [0.717, 1.165) is 0 Å². The lowest BCUT2D eigenvalue weighted by atomic mass is 10.1. The van der Waals surface area contributed by atoms with Crippen molar-refractivity contribution in [1.82, 2.24) is 0 Å². The molecule has 0 heterocycles. The maximum absolute atomic E-state index is 12.5. The minimum absolute atomic E-state index is 0.211. The number of anilines is 1. The molecule has 78 valence electrons. The van der Waals surface area contributed by atoms with Crippen molar-refractivity contribution in [3.05, 3.63) is 23.8 Å². The van der Waals surface area contributed by atoms with Crippen molar-refractivity contribution in [2.45, 2.75) is 6.18 Å². The molecule has 3 N–H and O–H groups in total. The Labute approximate surface area is 78.6 Å². The van der Waals surface area contributed by atoms with E-state index in [2.05, 4.69) is 4.74 Å². The molecule has 1 aromatic carbocycles. The van der Waals surface area contributed by atoms with Gasteiger partial charge in [-0.05, 0) is 12.1 Å². The minimum Gasteiger partial charge on any atom is -0.496 e. The van der Waals surface area contributed by atoms with Crippen LogP contribution in [-0.4, -0.2) is 7.11 Å². The Kier molecular flexibility index (Phi) is 2.85. The van der Waals surface area contributed by atoms with Crippen LogP contribution in [0.4, 0.5) is 18.9 Å². The van der Waals surface area contributed by atoms with Gasteiger partial charge in [-0.3, -0.25) is 5.84 Å². The van der Waals surface area contributed by atoms with E-state index in [4.69, 9.17) is 5.84 Å². The van der Waals surface area contributed by atoms with Crippen molar-refractivity contribution in [2.24, 2.45) is 5.84 Å². The Morgan fingerprint density at radius 2 is 2.00 bits per heavy atom. The first kappa shape index (κ1) is 10.6. The number of hydrazine groups is 1. The number of rotatable bonds is 2. The van der Waals surface area contributed by atoms with Crippen LogP contribution < -0.4 is 16.0 Å². The molecule has 6 heteroatoms. The Morgan fingerprint density at radius 3 is 2.43 bits per heavy atom. The molecule has 0 bridgehead atoms. The van der Waals surface area contributed by atoms with Crippen molar-refractivity contribution in [3.63, 3.8) is 0 Å². The van der Waals surface area contributed by atoms with E-state index in [1.807, 2.05) is 5.43 Å². The van der Waals surface area contributed by atoms with Gasteiger partial charge in [0.2, 0.25) is 0 Å². The molecule has 0 amide bonds. The van der Waals surface area contributed by atoms with Gasteiger partial charge in [0.25, 0.3) is 0 Å². The second-order valence-corrected chi connectivity index (χ2v) is 2.52. The fourth-order valence-electron chi connectivity index (χ4n) is 1.11. The Balaban J connectivity index is 3.34. The molecule has 1 aromatic rings. The lowest BCUT2D eigenvalue weighted by molar-refractivity contribution is -0.138. The summed E-state index contributed by atoms with van der Waals surface area (Å²) >= 11 is 0. The summed E-state index contributed by atoms with van der Waals surface area (Å²) in [5.74, 6) is 4.71. The first-order chi connectivity index (χ1) is 6.50. The van der Waals surface area contributed by atoms with Gasteiger partial charge in [0.15, 0.2) is 0 Å². The highest BCUT2D eigenvalue weighted by Gasteiger charge is 2.37. The van der Waals surface area contributed by atoms with Crippen molar-refractivity contribution >= 4 is 5.69 Å². The average Bonchev–Trinajstić information content (AvgIpc) is 2.15. The van der Waals surface area contributed by atoms with Gasteiger partial charge in [-0.1, -0.05) is 6.07 Å². The molecule has 0 saturated carbocycles. The third-order valence-corrected chi connectivity index (χ3v) is 1.69. The number of nitrogens with one attached hydrogen (secondary N) is 1. The quantitative estimate of drug-likeness (QED) is 0.574. The van der Waals surface area contributed by atoms with E-state index in [9.17, 15) is 13.2 Å². The molecule has 14 heavy (non-hydrogen) atoms. The number of methoxy groups -OCH3 is 1. The average molecular weight is 206 g/mol. The van der Waals surface area contributed by atoms with E-state index < -0.39 is 11.7 Å². The van der Waals surface area contributed by atoms with Crippen molar-refractivity contribution in [3.8, 4) is 5.75 Å². The van der Waals surface area contributed by atoms with Crippen molar-refractivity contribution in [2.75, 3.05) is 12.5 Å². The van der Waals surface area contributed by atoms with Crippen LogP contribution in [0.3, 0.4) is 0 Å². The van der Waals surface area contributed by atoms with E-state index in [1.165, 1.54) is 25.3 Å². The van der Waals surface area contributed by atoms with Crippen LogP contribution in [0.2, 0.25) is 0 Å². The summed E-state index contributed by atoms with van der Waals surface area (Å²) in [6, 6.07) is 3.87. The number of ether oxygens (including phenoxy) is 1. The van der Waals surface area contributed by atoms with Crippen molar-refractivity contribution in [1.29, 1.82) is 0 Å². The normalized spacial score (nSPS) is 11.2. The molecule has 0 aliphatic heterocycles. The molecule has 3 nitrogen and oxygen atoms in total. The Hall–Kier alpha value is -1.43. The second kappa shape index (κ2) is 3.75. The number of benzene rings is 1. The van der Waals surface area contributed by atoms with E-state index in [0.29, 0.717) is 0 Å². The third-order valence-electron chi connectivity index (χ3n) is 1.69. The summed E-state index contributed by atoms with van der Waals surface area (Å²) in [5.41, 5.74) is 0.867. The summed E-state index contributed by atoms with van der Waals surface area (Å²) in [6.45, 7) is 0. The Bertz CT molecular complexity index is 303. The fraction of sp³-hybridized carbons (Fsp3) is 0.250. The molecule has 0 aliphatic carbocycles. The van der Waals surface area contributed by atoms with Gasteiger partial charge in [-0.25, -0.2) is 0 Å². The monoisotopic (exact) mass is 206 g/mol. The van der Waals surface area contributed by atoms with Gasteiger partial charge in [0.1, 0.15) is 11.3 Å². The summed E-state index contributed by atoms with van der Waals surface area (Å²) in [4.78, 5) is 0. The first-order valence-electron chi connectivity index (χ1n) is 3.71. The number of hydrogen-bond acceptors (Lipinski definition) is 3. The van der Waals surface area contributed by atoms with Crippen LogP contribution in [0.15, 0.2) is 18.2 Å². The lowest BCUT2D eigenvalue weighted by Gasteiger charge is -2.15. The number of nitrogens with two attached hydrogens (primary N) is 1. The highest BCUT2D eigenvalue weighted by Crippen LogP contribution is 2.40. The van der Waals surface area contributed by atoms with Gasteiger partial charge in [0, 0.05) is 0 Å². The van der Waals surface area contributed by atoms with E-state index in [-0.39, 0.29) is 11.4 Å². The Morgan fingerprint density at radius 1 is 1.36 bits per heavy atom.